The van der Waals surface area contributed by atoms with Crippen molar-refractivity contribution < 1.29 is 9.47 Å². The number of nitrogens with one attached hydrogen (secondary N) is 1. The molecule has 0 saturated carbocycles. The van der Waals surface area contributed by atoms with Gasteiger partial charge in [-0.25, -0.2) is 0 Å². The molecule has 2 aromatic rings. The van der Waals surface area contributed by atoms with E-state index in [1.54, 1.807) is 0 Å². The van der Waals surface area contributed by atoms with Gasteiger partial charge in [-0.1, -0.05) is 38.5 Å². The summed E-state index contributed by atoms with van der Waals surface area (Å²) >= 11 is 0. The maximum absolute atomic E-state index is 5.81. The van der Waals surface area contributed by atoms with E-state index in [4.69, 9.17) is 9.47 Å². The number of anilines is 1. The lowest BCUT2D eigenvalue weighted by atomic mass is 10.2. The molecule has 1 N–H and O–H groups in total. The average molecular weight is 327 g/mol. The maximum atomic E-state index is 5.81. The summed E-state index contributed by atoms with van der Waals surface area (Å²) in [6.45, 7) is 7.94. The van der Waals surface area contributed by atoms with Crippen molar-refractivity contribution in [1.29, 1.82) is 0 Å². The molecule has 1 atom stereocenters. The van der Waals surface area contributed by atoms with Gasteiger partial charge in [0.05, 0.1) is 12.7 Å². The topological polar surface area (TPSA) is 30.5 Å². The summed E-state index contributed by atoms with van der Waals surface area (Å²) in [5, 5.41) is 3.44. The Kier molecular flexibility index (Phi) is 7.47. The van der Waals surface area contributed by atoms with E-state index in [2.05, 4.69) is 50.4 Å². The van der Waals surface area contributed by atoms with E-state index in [9.17, 15) is 0 Å². The first-order valence-corrected chi connectivity index (χ1v) is 8.93. The fourth-order valence-electron chi connectivity index (χ4n) is 2.24. The summed E-state index contributed by atoms with van der Waals surface area (Å²) in [7, 11) is 0. The lowest BCUT2D eigenvalue weighted by Gasteiger charge is -2.13. The van der Waals surface area contributed by atoms with Crippen molar-refractivity contribution >= 4 is 5.69 Å². The minimum absolute atomic E-state index is 0.254. The Morgan fingerprint density at radius 1 is 1.00 bits per heavy atom. The Morgan fingerprint density at radius 2 is 1.79 bits per heavy atom. The first kappa shape index (κ1) is 18.2. The molecule has 130 valence electrons. The van der Waals surface area contributed by atoms with Crippen molar-refractivity contribution in [2.45, 2.75) is 52.7 Å². The Balaban J connectivity index is 1.85. The lowest BCUT2D eigenvalue weighted by Crippen LogP contribution is -2.09. The molecule has 0 bridgehead atoms. The first-order chi connectivity index (χ1) is 11.7. The number of benzene rings is 2. The second-order valence-electron chi connectivity index (χ2n) is 6.06. The van der Waals surface area contributed by atoms with Gasteiger partial charge in [-0.2, -0.15) is 0 Å². The van der Waals surface area contributed by atoms with Crippen LogP contribution in [0.4, 0.5) is 5.69 Å². The molecule has 24 heavy (non-hydrogen) atoms. The fourth-order valence-corrected chi connectivity index (χ4v) is 2.24. The second-order valence-corrected chi connectivity index (χ2v) is 6.06. The molecule has 0 spiro atoms. The van der Waals surface area contributed by atoms with Crippen LogP contribution in [0.25, 0.3) is 0 Å². The van der Waals surface area contributed by atoms with E-state index >= 15 is 0 Å². The largest absolute Gasteiger partial charge is 0.494 e. The molecule has 0 amide bonds. The maximum Gasteiger partial charge on any atom is 0.121 e. The number of rotatable bonds is 10. The Labute approximate surface area is 146 Å². The summed E-state index contributed by atoms with van der Waals surface area (Å²) in [4.78, 5) is 0. The van der Waals surface area contributed by atoms with Gasteiger partial charge in [-0.05, 0) is 49.6 Å². The van der Waals surface area contributed by atoms with Crippen LogP contribution in [0.1, 0.15) is 45.6 Å². The van der Waals surface area contributed by atoms with Gasteiger partial charge in [0.25, 0.3) is 0 Å². The van der Waals surface area contributed by atoms with Crippen LogP contribution in [0, 0.1) is 0 Å². The molecule has 0 aliphatic heterocycles. The highest BCUT2D eigenvalue weighted by molar-refractivity contribution is 5.48. The third kappa shape index (κ3) is 6.15. The number of ether oxygens (including phenoxy) is 2. The summed E-state index contributed by atoms with van der Waals surface area (Å²) in [5.74, 6) is 1.85. The van der Waals surface area contributed by atoms with E-state index in [-0.39, 0.29) is 6.10 Å². The summed E-state index contributed by atoms with van der Waals surface area (Å²) < 4.78 is 11.6. The van der Waals surface area contributed by atoms with E-state index in [1.807, 2.05) is 24.3 Å². The highest BCUT2D eigenvalue weighted by atomic mass is 16.5. The minimum Gasteiger partial charge on any atom is -0.494 e. The van der Waals surface area contributed by atoms with Crippen LogP contribution >= 0.6 is 0 Å². The zero-order valence-electron chi connectivity index (χ0n) is 15.0. The Bertz CT molecular complexity index is 595. The van der Waals surface area contributed by atoms with Gasteiger partial charge >= 0.3 is 0 Å². The van der Waals surface area contributed by atoms with Crippen molar-refractivity contribution in [3.8, 4) is 11.5 Å². The Morgan fingerprint density at radius 3 is 2.50 bits per heavy atom. The summed E-state index contributed by atoms with van der Waals surface area (Å²) in [6, 6.07) is 16.4. The van der Waals surface area contributed by atoms with Crippen molar-refractivity contribution in [3.63, 3.8) is 0 Å². The molecule has 1 unspecified atom stereocenters. The van der Waals surface area contributed by atoms with Crippen LogP contribution in [-0.2, 0) is 6.54 Å². The van der Waals surface area contributed by atoms with Gasteiger partial charge in [0.1, 0.15) is 11.5 Å². The monoisotopic (exact) mass is 327 g/mol. The van der Waals surface area contributed by atoms with Crippen LogP contribution in [0.3, 0.4) is 0 Å². The van der Waals surface area contributed by atoms with E-state index < -0.39 is 0 Å². The van der Waals surface area contributed by atoms with Gasteiger partial charge in [0, 0.05) is 18.3 Å². The SMILES string of the molecule is CCCCOc1cccc(NCc2ccc(OC(C)CC)cc2)c1. The molecule has 3 heteroatoms. The van der Waals surface area contributed by atoms with Crippen LogP contribution in [0.2, 0.25) is 0 Å². The molecule has 2 rings (SSSR count). The lowest BCUT2D eigenvalue weighted by molar-refractivity contribution is 0.217. The van der Waals surface area contributed by atoms with Gasteiger partial charge in [-0.3, -0.25) is 0 Å². The fraction of sp³-hybridized carbons (Fsp3) is 0.429. The third-order valence-electron chi connectivity index (χ3n) is 3.93. The van der Waals surface area contributed by atoms with Crippen LogP contribution in [0.15, 0.2) is 48.5 Å². The van der Waals surface area contributed by atoms with Gasteiger partial charge < -0.3 is 14.8 Å². The highest BCUT2D eigenvalue weighted by Crippen LogP contribution is 2.19. The standard InChI is InChI=1S/C21H29NO2/c1-4-6-14-23-21-9-7-8-19(15-21)22-16-18-10-12-20(13-11-18)24-17(3)5-2/h7-13,15,17,22H,4-6,14,16H2,1-3H3. The average Bonchev–Trinajstić information content (AvgIpc) is 2.61. The molecule has 0 aliphatic rings. The second kappa shape index (κ2) is 9.86. The van der Waals surface area contributed by atoms with Crippen molar-refractivity contribution in [2.75, 3.05) is 11.9 Å². The third-order valence-corrected chi connectivity index (χ3v) is 3.93. The normalized spacial score (nSPS) is 11.8. The van der Waals surface area contributed by atoms with Crippen molar-refractivity contribution in [1.82, 2.24) is 0 Å². The van der Waals surface area contributed by atoms with E-state index in [0.717, 1.165) is 49.6 Å². The Hall–Kier alpha value is -2.16. The number of hydrogen-bond donors (Lipinski definition) is 1. The molecule has 3 nitrogen and oxygen atoms in total. The summed E-state index contributed by atoms with van der Waals surface area (Å²) in [6.07, 6.45) is 3.50. The summed E-state index contributed by atoms with van der Waals surface area (Å²) in [5.41, 5.74) is 2.30. The molecule has 0 radical (unpaired) electrons. The zero-order chi connectivity index (χ0) is 17.2. The molecular formula is C21H29NO2. The van der Waals surface area contributed by atoms with Crippen molar-refractivity contribution in [2.24, 2.45) is 0 Å². The number of unbranched alkanes of at least 4 members (excludes halogenated alkanes) is 1. The highest BCUT2D eigenvalue weighted by Gasteiger charge is 2.02. The molecule has 0 saturated heterocycles. The predicted molar refractivity (Wildman–Crippen MR) is 101 cm³/mol. The van der Waals surface area contributed by atoms with Crippen LogP contribution in [0.5, 0.6) is 11.5 Å². The molecule has 2 aromatic carbocycles. The van der Waals surface area contributed by atoms with Gasteiger partial charge in [0.2, 0.25) is 0 Å². The predicted octanol–water partition coefficient (Wildman–Crippen LogP) is 5.65. The smallest absolute Gasteiger partial charge is 0.121 e. The van der Waals surface area contributed by atoms with Crippen molar-refractivity contribution in [3.05, 3.63) is 54.1 Å². The van der Waals surface area contributed by atoms with Crippen LogP contribution < -0.4 is 14.8 Å². The molecule has 0 fully saturated rings. The number of hydrogen-bond acceptors (Lipinski definition) is 3. The zero-order valence-corrected chi connectivity index (χ0v) is 15.0. The quantitative estimate of drug-likeness (QED) is 0.572. The minimum atomic E-state index is 0.254. The molecule has 0 aliphatic carbocycles. The van der Waals surface area contributed by atoms with E-state index in [1.165, 1.54) is 5.56 Å². The molecular weight excluding hydrogens is 298 g/mol. The van der Waals surface area contributed by atoms with E-state index in [0.29, 0.717) is 0 Å². The molecule has 0 heterocycles. The van der Waals surface area contributed by atoms with Crippen LogP contribution in [-0.4, -0.2) is 12.7 Å². The van der Waals surface area contributed by atoms with Gasteiger partial charge in [0.15, 0.2) is 0 Å². The molecule has 0 aromatic heterocycles. The van der Waals surface area contributed by atoms with Gasteiger partial charge in [-0.15, -0.1) is 0 Å². The first-order valence-electron chi connectivity index (χ1n) is 8.93.